The van der Waals surface area contributed by atoms with Crippen LogP contribution in [0.15, 0.2) is 60.9 Å². The molecule has 10 rings (SSSR count). The summed E-state index contributed by atoms with van der Waals surface area (Å²) < 4.78 is 41.8. The zero-order valence-electron chi connectivity index (χ0n) is 44.0. The molecular weight excluding hydrogens is 1050 g/mol. The van der Waals surface area contributed by atoms with E-state index < -0.39 is 41.9 Å². The van der Waals surface area contributed by atoms with Crippen molar-refractivity contribution in [2.75, 3.05) is 33.9 Å². The molecule has 6 atom stereocenters. The fraction of sp³-hybridized carbons (Fsp3) is 0.481. The van der Waals surface area contributed by atoms with Crippen molar-refractivity contribution in [3.05, 3.63) is 88.1 Å². The van der Waals surface area contributed by atoms with Crippen LogP contribution in [0.1, 0.15) is 126 Å². The van der Waals surface area contributed by atoms with Gasteiger partial charge >= 0.3 is 12.2 Å². The lowest BCUT2D eigenvalue weighted by Gasteiger charge is -2.40. The molecule has 22 heteroatoms. The number of carbonyl (C=O) groups excluding carboxylic acids is 4. The highest BCUT2D eigenvalue weighted by molar-refractivity contribution is 7.59. The minimum absolute atomic E-state index is 0. The van der Waals surface area contributed by atoms with Gasteiger partial charge in [0.15, 0.2) is 0 Å². The van der Waals surface area contributed by atoms with E-state index in [1.807, 2.05) is 52.0 Å². The van der Waals surface area contributed by atoms with Crippen LogP contribution in [0.3, 0.4) is 0 Å². The van der Waals surface area contributed by atoms with Gasteiger partial charge in [-0.3, -0.25) is 14.2 Å². The van der Waals surface area contributed by atoms with Crippen LogP contribution in [-0.2, 0) is 23.8 Å². The number of nitrogens with zero attached hydrogens (tertiary/aromatic N) is 5. The molecule has 3 unspecified atom stereocenters. The minimum Gasteiger partial charge on any atom is -0.464 e. The fourth-order valence-corrected chi connectivity index (χ4v) is 12.3. The Hall–Kier alpha value is -5.68. The zero-order chi connectivity index (χ0) is 51.5. The smallest absolute Gasteiger partial charge is 0.407 e. The molecule has 17 nitrogen and oxygen atoms in total. The van der Waals surface area contributed by atoms with Crippen LogP contribution in [0.25, 0.3) is 44.7 Å². The number of likely N-dealkylation sites (tertiary alicyclic amines) is 2. The van der Waals surface area contributed by atoms with Gasteiger partial charge in [-0.1, -0.05) is 33.8 Å². The number of ether oxygens (including phenoxy) is 4. The highest BCUT2D eigenvalue weighted by Gasteiger charge is 2.43. The summed E-state index contributed by atoms with van der Waals surface area (Å²) in [6.07, 6.45) is 5.66. The van der Waals surface area contributed by atoms with E-state index in [1.54, 1.807) is 33.5 Å². The summed E-state index contributed by atoms with van der Waals surface area (Å²) in [5.41, 5.74) is 4.16. The number of aromatic nitrogens is 5. The maximum atomic E-state index is 17.1. The number of rotatable bonds is 12. The first-order valence-corrected chi connectivity index (χ1v) is 26.1. The third-order valence-electron chi connectivity index (χ3n) is 14.9. The lowest BCUT2D eigenvalue weighted by Crippen LogP contribution is -2.54. The van der Waals surface area contributed by atoms with Gasteiger partial charge in [-0.05, 0) is 113 Å². The number of hydrogen-bond donors (Lipinski definition) is 4. The second-order valence-corrected chi connectivity index (χ2v) is 22.1. The number of alkyl carbamates (subject to hydrolysis) is 2. The summed E-state index contributed by atoms with van der Waals surface area (Å²) in [5, 5.41) is 6.42. The lowest BCUT2D eigenvalue weighted by atomic mass is 9.82. The highest BCUT2D eigenvalue weighted by Crippen LogP contribution is 2.49. The molecule has 0 radical (unpaired) electrons. The van der Waals surface area contributed by atoms with Crippen LogP contribution in [0, 0.1) is 17.7 Å². The molecule has 4 aliphatic rings. The minimum atomic E-state index is -0.805. The summed E-state index contributed by atoms with van der Waals surface area (Å²) in [6, 6.07) is 13.4. The van der Waals surface area contributed by atoms with Crippen molar-refractivity contribution in [3.8, 4) is 39.5 Å². The van der Waals surface area contributed by atoms with Crippen LogP contribution in [0.4, 0.5) is 14.0 Å². The average molecular weight is 1120 g/mol. The number of nitrogens with one attached hydrogen (secondary N) is 4. The van der Waals surface area contributed by atoms with Gasteiger partial charge in [-0.25, -0.2) is 23.9 Å². The second-order valence-electron chi connectivity index (χ2n) is 20.9. The molecule has 0 aliphatic carbocycles. The molecule has 0 spiro atoms. The van der Waals surface area contributed by atoms with Crippen LogP contribution in [-0.4, -0.2) is 110 Å². The van der Waals surface area contributed by atoms with Crippen molar-refractivity contribution >= 4 is 86.7 Å². The van der Waals surface area contributed by atoms with Crippen molar-refractivity contribution in [1.29, 1.82) is 0 Å². The van der Waals surface area contributed by atoms with Crippen molar-refractivity contribution in [2.24, 2.45) is 11.8 Å². The molecule has 4 N–H and O–H groups in total. The number of fused-ring (bicyclic) bond motifs is 5. The predicted molar refractivity (Wildman–Crippen MR) is 304 cm³/mol. The monoisotopic (exact) mass is 1120 g/mol. The Labute approximate surface area is 467 Å². The first-order chi connectivity index (χ1) is 35.0. The maximum Gasteiger partial charge on any atom is 0.407 e. The van der Waals surface area contributed by atoms with Gasteiger partial charge in [0.2, 0.25) is 18.0 Å². The first-order valence-electron chi connectivity index (χ1n) is 25.3. The molecule has 0 bridgehead atoms. The summed E-state index contributed by atoms with van der Waals surface area (Å²) in [4.78, 5) is 75.3. The van der Waals surface area contributed by atoms with E-state index in [0.717, 1.165) is 46.3 Å². The lowest BCUT2D eigenvalue weighted by molar-refractivity contribution is -0.139. The molecule has 410 valence electrons. The number of methoxy groups -OCH3 is 2. The van der Waals surface area contributed by atoms with Gasteiger partial charge in [0.25, 0.3) is 0 Å². The number of imidazole rings is 2. The number of carbonyl (C=O) groups is 4. The van der Waals surface area contributed by atoms with Gasteiger partial charge in [0.05, 0.1) is 77.3 Å². The largest absolute Gasteiger partial charge is 0.464 e. The normalized spacial score (nSPS) is 20.4. The summed E-state index contributed by atoms with van der Waals surface area (Å²) >= 11 is 1.67. The molecule has 3 fully saturated rings. The summed E-state index contributed by atoms with van der Waals surface area (Å²) in [5.74, 6) is 0.759. The zero-order valence-corrected chi connectivity index (χ0v) is 47.9. The quantitative estimate of drug-likeness (QED) is 0.0915. The standard InChI is InChI=1S/C54H64FN9O8S.3H2S/c1-28(2)42-15-16-43(73-42)51-64-37-14-13-30(35-26-56-47(58-35)38-11-9-18-62(38)49(65)45(29(3)4)60-52(67)69-7)21-33(37)23-40(64)44-34(55)22-32(24-41(44)72-51)36-27-57-48(59-36)39-12-10-19-63(39)50(66)46(61-53(68)70-8)31-17-20-71-54(5,6)25-31;;;/h13-16,21-24,26-29,31,38-39,45-46,51H,9-12,17-20,25H2,1-8H3,(H,56,58)(H,57,59)(H,60,67)(H,61,68);3*1H2/t31?,38-,39-,45-,46?,51?;;;/m0.../s1. The molecule has 76 heavy (non-hydrogen) atoms. The van der Waals surface area contributed by atoms with E-state index in [0.29, 0.717) is 84.8 Å². The molecule has 0 saturated carbocycles. The molecule has 3 saturated heterocycles. The van der Waals surface area contributed by atoms with Gasteiger partial charge in [0.1, 0.15) is 35.3 Å². The van der Waals surface area contributed by atoms with E-state index in [-0.39, 0.29) is 76.2 Å². The van der Waals surface area contributed by atoms with E-state index in [9.17, 15) is 19.2 Å². The molecular formula is C54H70FN9O8S4. The second kappa shape index (κ2) is 23.5. The van der Waals surface area contributed by atoms with Crippen LogP contribution in [0.5, 0.6) is 5.75 Å². The van der Waals surface area contributed by atoms with Crippen LogP contribution in [0.2, 0.25) is 0 Å². The van der Waals surface area contributed by atoms with E-state index >= 15 is 4.39 Å². The Morgan fingerprint density at radius 3 is 2.04 bits per heavy atom. The van der Waals surface area contributed by atoms with Gasteiger partial charge in [0, 0.05) is 41.1 Å². The Morgan fingerprint density at radius 1 is 0.803 bits per heavy atom. The highest BCUT2D eigenvalue weighted by atomic mass is 32.1. The van der Waals surface area contributed by atoms with E-state index in [4.69, 9.17) is 28.9 Å². The van der Waals surface area contributed by atoms with Crippen LogP contribution < -0.4 is 15.4 Å². The van der Waals surface area contributed by atoms with Gasteiger partial charge in [-0.2, -0.15) is 40.5 Å². The van der Waals surface area contributed by atoms with Crippen molar-refractivity contribution in [1.82, 2.24) is 44.9 Å². The predicted octanol–water partition coefficient (Wildman–Crippen LogP) is 10.3. The Kier molecular flexibility index (Phi) is 17.9. The molecule has 4 aliphatic heterocycles. The number of thiophene rings is 1. The number of halogens is 1. The van der Waals surface area contributed by atoms with Crippen molar-refractivity contribution in [2.45, 2.75) is 122 Å². The summed E-state index contributed by atoms with van der Waals surface area (Å²) in [7, 11) is 2.57. The fourth-order valence-electron chi connectivity index (χ4n) is 11.2. The van der Waals surface area contributed by atoms with Crippen LogP contribution >= 0.6 is 51.8 Å². The number of H-pyrrole nitrogens is 2. The SMILES string of the molecule is COC(=O)NC(C(=O)N1CCC[C@H]1c1ncc(-c2cc(F)c3c(c2)OC(c2ccc(C(C)C)s2)n2c-3cc3cc(-c4cnc([C@@H]5CCCN5C(=O)[C@@H](NC(=O)OC)C(C)C)[nH]4)ccc32)[nH]1)C1CCOC(C)(C)C1.S.S.S. The van der Waals surface area contributed by atoms with Gasteiger partial charge in [-0.15, -0.1) is 11.3 Å². The number of aromatic amines is 2. The molecule has 2 aromatic carbocycles. The Bertz CT molecular complexity index is 3080. The van der Waals surface area contributed by atoms with Gasteiger partial charge < -0.3 is 49.3 Å². The Morgan fingerprint density at radius 2 is 1.43 bits per heavy atom. The number of amides is 4. The molecule has 4 amide bonds. The third-order valence-corrected chi connectivity index (χ3v) is 16.3. The third kappa shape index (κ3) is 11.2. The number of benzene rings is 2. The first kappa shape index (κ1) is 58.0. The average Bonchev–Trinajstić information content (AvgIpc) is 4.23. The van der Waals surface area contributed by atoms with E-state index in [2.05, 4.69) is 57.2 Å². The topological polar surface area (TPSA) is 198 Å². The molecule has 4 aromatic heterocycles. The Balaban J connectivity index is 0.00000280. The molecule has 8 heterocycles. The summed E-state index contributed by atoms with van der Waals surface area (Å²) in [6.45, 7) is 13.6. The maximum absolute atomic E-state index is 17.1. The number of hydrogen-bond acceptors (Lipinski definition) is 11. The molecule has 6 aromatic rings. The van der Waals surface area contributed by atoms with E-state index in [1.165, 1.54) is 25.2 Å². The van der Waals surface area contributed by atoms with Crippen molar-refractivity contribution in [3.63, 3.8) is 0 Å². The van der Waals surface area contributed by atoms with Crippen molar-refractivity contribution < 1.29 is 42.5 Å².